The van der Waals surface area contributed by atoms with Gasteiger partial charge in [0, 0.05) is 12.2 Å². The van der Waals surface area contributed by atoms with Gasteiger partial charge in [-0.3, -0.25) is 14.5 Å². The van der Waals surface area contributed by atoms with Crippen molar-refractivity contribution in [2.75, 3.05) is 11.9 Å². The molecule has 180 valence electrons. The Balaban J connectivity index is 1.50. The van der Waals surface area contributed by atoms with Crippen LogP contribution in [0.4, 0.5) is 10.5 Å². The lowest BCUT2D eigenvalue weighted by Gasteiger charge is -2.24. The lowest BCUT2D eigenvalue weighted by Crippen LogP contribution is -2.46. The predicted molar refractivity (Wildman–Crippen MR) is 134 cm³/mol. The quantitative estimate of drug-likeness (QED) is 0.511. The second kappa shape index (κ2) is 10.9. The van der Waals surface area contributed by atoms with Crippen molar-refractivity contribution >= 4 is 23.6 Å². The minimum atomic E-state index is -0.804. The first kappa shape index (κ1) is 24.0. The van der Waals surface area contributed by atoms with Crippen molar-refractivity contribution in [1.29, 1.82) is 0 Å². The lowest BCUT2D eigenvalue weighted by atomic mass is 10.00. The number of aryl methyl sites for hydroxylation is 1. The first-order chi connectivity index (χ1) is 16.9. The zero-order valence-electron chi connectivity index (χ0n) is 19.9. The fourth-order valence-electron chi connectivity index (χ4n) is 4.24. The number of rotatable bonds is 8. The largest absolute Gasteiger partial charge is 0.438 e. The van der Waals surface area contributed by atoms with E-state index in [0.29, 0.717) is 17.8 Å². The molecule has 3 aromatic carbocycles. The number of hydrogen-bond acceptors (Lipinski definition) is 4. The number of benzene rings is 3. The fraction of sp³-hybridized carbons (Fsp3) is 0.250. The molecular formula is C28H29N3O4. The summed E-state index contributed by atoms with van der Waals surface area (Å²) in [4.78, 5) is 39.7. The molecule has 35 heavy (non-hydrogen) atoms. The van der Waals surface area contributed by atoms with Crippen LogP contribution in [0.3, 0.4) is 0 Å². The van der Waals surface area contributed by atoms with Gasteiger partial charge in [0.15, 0.2) is 12.1 Å². The lowest BCUT2D eigenvalue weighted by molar-refractivity contribution is -0.126. The Morgan fingerprint density at radius 3 is 2.34 bits per heavy atom. The van der Waals surface area contributed by atoms with Crippen LogP contribution in [0.1, 0.15) is 35.3 Å². The molecular weight excluding hydrogens is 442 g/mol. The second-order valence-electron chi connectivity index (χ2n) is 8.59. The zero-order valence-corrected chi connectivity index (χ0v) is 19.9. The molecule has 0 aromatic heterocycles. The van der Waals surface area contributed by atoms with Crippen LogP contribution in [0.2, 0.25) is 0 Å². The van der Waals surface area contributed by atoms with Crippen LogP contribution in [-0.2, 0) is 27.3 Å². The average molecular weight is 472 g/mol. The minimum absolute atomic E-state index is 0.124. The van der Waals surface area contributed by atoms with E-state index in [9.17, 15) is 14.4 Å². The summed E-state index contributed by atoms with van der Waals surface area (Å²) in [6.07, 6.45) is -1.02. The number of cyclic esters (lactones) is 1. The van der Waals surface area contributed by atoms with E-state index in [4.69, 9.17) is 4.74 Å². The summed E-state index contributed by atoms with van der Waals surface area (Å²) >= 11 is 0. The van der Waals surface area contributed by atoms with E-state index in [2.05, 4.69) is 10.6 Å². The van der Waals surface area contributed by atoms with Crippen molar-refractivity contribution in [3.8, 4) is 0 Å². The van der Waals surface area contributed by atoms with Crippen molar-refractivity contribution in [2.24, 2.45) is 0 Å². The highest BCUT2D eigenvalue weighted by Crippen LogP contribution is 2.34. The second-order valence-corrected chi connectivity index (χ2v) is 8.59. The summed E-state index contributed by atoms with van der Waals surface area (Å²) in [5, 5.41) is 5.71. The summed E-state index contributed by atoms with van der Waals surface area (Å²) in [6.45, 7) is 4.53. The number of nitrogens with one attached hydrogen (secondary N) is 2. The van der Waals surface area contributed by atoms with Gasteiger partial charge in [-0.2, -0.15) is 0 Å². The molecule has 0 saturated carbocycles. The van der Waals surface area contributed by atoms with Crippen LogP contribution in [0, 0.1) is 6.92 Å². The Kier molecular flexibility index (Phi) is 7.45. The summed E-state index contributed by atoms with van der Waals surface area (Å²) in [6, 6.07) is 23.6. The van der Waals surface area contributed by atoms with Crippen LogP contribution in [0.5, 0.6) is 0 Å². The first-order valence-electron chi connectivity index (χ1n) is 11.7. The van der Waals surface area contributed by atoms with Crippen molar-refractivity contribution in [3.63, 3.8) is 0 Å². The summed E-state index contributed by atoms with van der Waals surface area (Å²) in [5.41, 5.74) is 4.24. The predicted octanol–water partition coefficient (Wildman–Crippen LogP) is 4.37. The molecule has 0 bridgehead atoms. The number of likely N-dealkylation sites (N-methyl/N-ethyl adjacent to an activating group) is 1. The standard InChI is InChI=1S/C28H29N3O4/c1-3-29-27(33)25-26(35-28(34)31(25)18-21-11-7-8-19(2)16-21)22-12-14-23(15-13-22)30-24(32)17-20-9-5-4-6-10-20/h4-16,25-26H,3,17-18H2,1-2H3,(H,29,33)(H,30,32). The Hall–Kier alpha value is -4.13. The SMILES string of the molecule is CCNC(=O)C1C(c2ccc(NC(=O)Cc3ccccc3)cc2)OC(=O)N1Cc1cccc(C)c1. The highest BCUT2D eigenvalue weighted by Gasteiger charge is 2.46. The number of hydrogen-bond donors (Lipinski definition) is 2. The summed E-state index contributed by atoms with van der Waals surface area (Å²) in [7, 11) is 0. The third-order valence-electron chi connectivity index (χ3n) is 5.87. The molecule has 1 fully saturated rings. The molecule has 0 aliphatic carbocycles. The number of amides is 3. The molecule has 1 saturated heterocycles. The highest BCUT2D eigenvalue weighted by atomic mass is 16.6. The Morgan fingerprint density at radius 1 is 0.943 bits per heavy atom. The van der Waals surface area contributed by atoms with Crippen LogP contribution >= 0.6 is 0 Å². The molecule has 1 aliphatic heterocycles. The van der Waals surface area contributed by atoms with Crippen LogP contribution in [-0.4, -0.2) is 35.4 Å². The summed E-state index contributed by atoms with van der Waals surface area (Å²) in [5.74, 6) is -0.392. The van der Waals surface area contributed by atoms with Gasteiger partial charge in [0.05, 0.1) is 13.0 Å². The van der Waals surface area contributed by atoms with Gasteiger partial charge in [-0.25, -0.2) is 4.79 Å². The van der Waals surface area contributed by atoms with Gasteiger partial charge in [0.1, 0.15) is 0 Å². The molecule has 2 N–H and O–H groups in total. The van der Waals surface area contributed by atoms with Crippen LogP contribution in [0.15, 0.2) is 78.9 Å². The van der Waals surface area contributed by atoms with Crippen LogP contribution in [0.25, 0.3) is 0 Å². The maximum atomic E-state index is 13.0. The molecule has 4 rings (SSSR count). The van der Waals surface area contributed by atoms with Gasteiger partial charge in [-0.15, -0.1) is 0 Å². The third-order valence-corrected chi connectivity index (χ3v) is 5.87. The van der Waals surface area contributed by atoms with E-state index >= 15 is 0 Å². The smallest absolute Gasteiger partial charge is 0.411 e. The molecule has 2 unspecified atom stereocenters. The van der Waals surface area contributed by atoms with Gasteiger partial charge in [-0.1, -0.05) is 72.3 Å². The maximum Gasteiger partial charge on any atom is 0.411 e. The molecule has 0 radical (unpaired) electrons. The molecule has 7 heteroatoms. The Labute approximate surface area is 205 Å². The van der Waals surface area contributed by atoms with Gasteiger partial charge in [-0.05, 0) is 42.7 Å². The van der Waals surface area contributed by atoms with Crippen molar-refractivity contribution in [3.05, 3.63) is 101 Å². The normalized spacial score (nSPS) is 17.1. The molecule has 1 heterocycles. The number of nitrogens with zero attached hydrogens (tertiary/aromatic N) is 1. The first-order valence-corrected chi connectivity index (χ1v) is 11.7. The van der Waals surface area contributed by atoms with Crippen molar-refractivity contribution in [1.82, 2.24) is 10.2 Å². The van der Waals surface area contributed by atoms with Gasteiger partial charge in [0.25, 0.3) is 0 Å². The van der Waals surface area contributed by atoms with Crippen molar-refractivity contribution < 1.29 is 19.1 Å². The molecule has 0 spiro atoms. The minimum Gasteiger partial charge on any atom is -0.438 e. The number of anilines is 1. The van der Waals surface area contributed by atoms with Crippen molar-refractivity contribution in [2.45, 2.75) is 39.0 Å². The van der Waals surface area contributed by atoms with E-state index in [-0.39, 0.29) is 24.8 Å². The maximum absolute atomic E-state index is 13.0. The van der Waals surface area contributed by atoms with Crippen LogP contribution < -0.4 is 10.6 Å². The Morgan fingerprint density at radius 2 is 1.66 bits per heavy atom. The highest BCUT2D eigenvalue weighted by molar-refractivity contribution is 5.92. The van der Waals surface area contributed by atoms with E-state index in [1.807, 2.05) is 68.4 Å². The number of ether oxygens (including phenoxy) is 1. The van der Waals surface area contributed by atoms with E-state index < -0.39 is 18.2 Å². The summed E-state index contributed by atoms with van der Waals surface area (Å²) < 4.78 is 5.68. The monoisotopic (exact) mass is 471 g/mol. The van der Waals surface area contributed by atoms with E-state index in [0.717, 1.165) is 16.7 Å². The number of carbonyl (C=O) groups excluding carboxylic acids is 3. The van der Waals surface area contributed by atoms with E-state index in [1.54, 1.807) is 24.3 Å². The molecule has 3 aromatic rings. The molecule has 2 atom stereocenters. The van der Waals surface area contributed by atoms with Gasteiger partial charge >= 0.3 is 6.09 Å². The van der Waals surface area contributed by atoms with Gasteiger partial charge < -0.3 is 15.4 Å². The topological polar surface area (TPSA) is 87.7 Å². The fourth-order valence-corrected chi connectivity index (χ4v) is 4.24. The number of carbonyl (C=O) groups is 3. The molecule has 1 aliphatic rings. The average Bonchev–Trinajstić information content (AvgIpc) is 3.16. The molecule has 7 nitrogen and oxygen atoms in total. The Bertz CT molecular complexity index is 1190. The third kappa shape index (κ3) is 5.87. The zero-order chi connectivity index (χ0) is 24.8. The van der Waals surface area contributed by atoms with E-state index in [1.165, 1.54) is 4.90 Å². The van der Waals surface area contributed by atoms with Gasteiger partial charge in [0.2, 0.25) is 11.8 Å². The molecule has 3 amide bonds.